The van der Waals surface area contributed by atoms with E-state index in [1.54, 1.807) is 7.11 Å². The smallest absolute Gasteiger partial charge is 0.273 e. The highest BCUT2D eigenvalue weighted by atomic mass is 16.5. The maximum absolute atomic E-state index is 12.1. The monoisotopic (exact) mass is 303 g/mol. The number of nitrogens with zero attached hydrogens (tertiary/aromatic N) is 1. The molecule has 1 aromatic heterocycles. The number of nitrogens with one attached hydrogen (secondary N) is 1. The van der Waals surface area contributed by atoms with E-state index in [4.69, 9.17) is 14.9 Å². The van der Waals surface area contributed by atoms with Crippen LogP contribution < -0.4 is 15.8 Å². The van der Waals surface area contributed by atoms with Gasteiger partial charge in [0.2, 0.25) is 5.89 Å². The summed E-state index contributed by atoms with van der Waals surface area (Å²) in [6.07, 6.45) is 1.33. The summed E-state index contributed by atoms with van der Waals surface area (Å²) in [5, 5.41) is 2.79. The molecule has 2 aromatic rings. The van der Waals surface area contributed by atoms with Gasteiger partial charge >= 0.3 is 0 Å². The summed E-state index contributed by atoms with van der Waals surface area (Å²) in [5.41, 5.74) is 7.12. The SMILES string of the molecule is COc1cccc(CNC(=O)c2coc(C(N)C(C)C)n2)c1. The van der Waals surface area contributed by atoms with Crippen LogP contribution in [0.2, 0.25) is 0 Å². The number of rotatable bonds is 6. The zero-order valence-corrected chi connectivity index (χ0v) is 13.0. The van der Waals surface area contributed by atoms with E-state index in [9.17, 15) is 4.79 Å². The first-order chi connectivity index (χ1) is 10.5. The average molecular weight is 303 g/mol. The van der Waals surface area contributed by atoms with Gasteiger partial charge in [0.1, 0.15) is 12.0 Å². The van der Waals surface area contributed by atoms with Crippen LogP contribution in [0.25, 0.3) is 0 Å². The average Bonchev–Trinajstić information content (AvgIpc) is 3.01. The van der Waals surface area contributed by atoms with Crippen molar-refractivity contribution in [2.75, 3.05) is 7.11 Å². The van der Waals surface area contributed by atoms with Crippen LogP contribution in [0, 0.1) is 5.92 Å². The Balaban J connectivity index is 1.97. The van der Waals surface area contributed by atoms with Crippen LogP contribution in [-0.2, 0) is 6.54 Å². The van der Waals surface area contributed by atoms with E-state index in [1.165, 1.54) is 6.26 Å². The standard InChI is InChI=1S/C16H21N3O3/c1-10(2)14(17)16-19-13(9-22-16)15(20)18-8-11-5-4-6-12(7-11)21-3/h4-7,9-10,14H,8,17H2,1-3H3,(H,18,20). The second-order valence-electron chi connectivity index (χ2n) is 5.37. The number of hydrogen-bond acceptors (Lipinski definition) is 5. The summed E-state index contributed by atoms with van der Waals surface area (Å²) in [4.78, 5) is 16.2. The Morgan fingerprint density at radius 2 is 2.23 bits per heavy atom. The molecular formula is C16H21N3O3. The molecule has 1 heterocycles. The van der Waals surface area contributed by atoms with E-state index < -0.39 is 0 Å². The van der Waals surface area contributed by atoms with Crippen LogP contribution in [0.4, 0.5) is 0 Å². The highest BCUT2D eigenvalue weighted by molar-refractivity contribution is 5.91. The summed E-state index contributed by atoms with van der Waals surface area (Å²) in [6, 6.07) is 7.17. The third-order valence-electron chi connectivity index (χ3n) is 3.35. The molecule has 0 aliphatic rings. The van der Waals surface area contributed by atoms with E-state index >= 15 is 0 Å². The molecule has 22 heavy (non-hydrogen) atoms. The minimum absolute atomic E-state index is 0.186. The highest BCUT2D eigenvalue weighted by Gasteiger charge is 2.19. The van der Waals surface area contributed by atoms with Crippen molar-refractivity contribution in [3.63, 3.8) is 0 Å². The Kier molecular flexibility index (Phi) is 5.16. The summed E-state index contributed by atoms with van der Waals surface area (Å²) < 4.78 is 10.4. The van der Waals surface area contributed by atoms with Crippen LogP contribution in [0.5, 0.6) is 5.75 Å². The number of hydrogen-bond donors (Lipinski definition) is 2. The molecule has 1 amide bonds. The second-order valence-corrected chi connectivity index (χ2v) is 5.37. The zero-order valence-electron chi connectivity index (χ0n) is 13.0. The van der Waals surface area contributed by atoms with Gasteiger partial charge < -0.3 is 20.2 Å². The van der Waals surface area contributed by atoms with E-state index in [1.807, 2.05) is 38.1 Å². The lowest BCUT2D eigenvalue weighted by atomic mass is 10.1. The first-order valence-corrected chi connectivity index (χ1v) is 7.13. The second kappa shape index (κ2) is 7.09. The molecular weight excluding hydrogens is 282 g/mol. The van der Waals surface area contributed by atoms with E-state index in [-0.39, 0.29) is 23.6 Å². The molecule has 0 fully saturated rings. The third kappa shape index (κ3) is 3.85. The Bertz CT molecular complexity index is 637. The Hall–Kier alpha value is -2.34. The number of amides is 1. The first kappa shape index (κ1) is 16.0. The molecule has 6 heteroatoms. The number of nitrogens with two attached hydrogens (primary N) is 1. The molecule has 0 bridgehead atoms. The lowest BCUT2D eigenvalue weighted by Gasteiger charge is -2.10. The molecule has 6 nitrogen and oxygen atoms in total. The number of benzene rings is 1. The summed E-state index contributed by atoms with van der Waals surface area (Å²) >= 11 is 0. The van der Waals surface area contributed by atoms with Crippen LogP contribution in [0.1, 0.15) is 41.8 Å². The molecule has 0 saturated carbocycles. The molecule has 1 aromatic carbocycles. The van der Waals surface area contributed by atoms with Crippen LogP contribution in [0.15, 0.2) is 34.9 Å². The highest BCUT2D eigenvalue weighted by Crippen LogP contribution is 2.18. The van der Waals surface area contributed by atoms with Gasteiger partial charge in [0.15, 0.2) is 5.69 Å². The van der Waals surface area contributed by atoms with Crippen LogP contribution >= 0.6 is 0 Å². The van der Waals surface area contributed by atoms with Crippen molar-refractivity contribution >= 4 is 5.91 Å². The Morgan fingerprint density at radius 1 is 1.45 bits per heavy atom. The molecule has 0 aliphatic carbocycles. The van der Waals surface area contributed by atoms with Crippen molar-refractivity contribution in [1.29, 1.82) is 0 Å². The minimum atomic E-state index is -0.320. The topological polar surface area (TPSA) is 90.4 Å². The predicted molar refractivity (Wildman–Crippen MR) is 82.4 cm³/mol. The number of ether oxygens (including phenoxy) is 1. The van der Waals surface area contributed by atoms with E-state index in [0.717, 1.165) is 11.3 Å². The van der Waals surface area contributed by atoms with Crippen molar-refractivity contribution in [2.45, 2.75) is 26.4 Å². The molecule has 0 radical (unpaired) electrons. The quantitative estimate of drug-likeness (QED) is 0.854. The van der Waals surface area contributed by atoms with Gasteiger partial charge in [-0.15, -0.1) is 0 Å². The predicted octanol–water partition coefficient (Wildman–Crippen LogP) is 2.27. The summed E-state index contributed by atoms with van der Waals surface area (Å²) in [7, 11) is 1.60. The summed E-state index contributed by atoms with van der Waals surface area (Å²) in [6.45, 7) is 4.32. The van der Waals surface area contributed by atoms with Gasteiger partial charge in [-0.2, -0.15) is 0 Å². The van der Waals surface area contributed by atoms with Crippen molar-refractivity contribution < 1.29 is 13.9 Å². The number of carbonyl (C=O) groups is 1. The van der Waals surface area contributed by atoms with Gasteiger partial charge in [-0.1, -0.05) is 26.0 Å². The molecule has 1 unspecified atom stereocenters. The maximum Gasteiger partial charge on any atom is 0.273 e. The first-order valence-electron chi connectivity index (χ1n) is 7.13. The van der Waals surface area contributed by atoms with Crippen molar-refractivity contribution in [3.05, 3.63) is 47.7 Å². The van der Waals surface area contributed by atoms with E-state index in [2.05, 4.69) is 10.3 Å². The number of oxazole rings is 1. The van der Waals surface area contributed by atoms with Gasteiger partial charge in [-0.25, -0.2) is 4.98 Å². The lowest BCUT2D eigenvalue weighted by molar-refractivity contribution is 0.0945. The molecule has 118 valence electrons. The van der Waals surface area contributed by atoms with Gasteiger partial charge in [0.05, 0.1) is 13.2 Å². The molecule has 3 N–H and O–H groups in total. The molecule has 1 atom stereocenters. The Labute approximate surface area is 129 Å². The molecule has 2 rings (SSSR count). The van der Waals surface area contributed by atoms with Gasteiger partial charge in [-0.05, 0) is 23.6 Å². The fourth-order valence-corrected chi connectivity index (χ4v) is 1.89. The van der Waals surface area contributed by atoms with E-state index in [0.29, 0.717) is 12.4 Å². The fourth-order valence-electron chi connectivity index (χ4n) is 1.89. The van der Waals surface area contributed by atoms with Crippen molar-refractivity contribution in [3.8, 4) is 5.75 Å². The Morgan fingerprint density at radius 3 is 2.91 bits per heavy atom. The molecule has 0 aliphatic heterocycles. The normalized spacial score (nSPS) is 12.2. The van der Waals surface area contributed by atoms with Crippen molar-refractivity contribution in [1.82, 2.24) is 10.3 Å². The van der Waals surface area contributed by atoms with Gasteiger partial charge in [-0.3, -0.25) is 4.79 Å². The fraction of sp³-hybridized carbons (Fsp3) is 0.375. The number of carbonyl (C=O) groups excluding carboxylic acids is 1. The summed E-state index contributed by atoms with van der Waals surface area (Å²) in [5.74, 6) is 1.01. The number of aromatic nitrogens is 1. The molecule has 0 spiro atoms. The van der Waals surface area contributed by atoms with Gasteiger partial charge in [0.25, 0.3) is 5.91 Å². The van der Waals surface area contributed by atoms with Crippen LogP contribution in [-0.4, -0.2) is 18.0 Å². The third-order valence-corrected chi connectivity index (χ3v) is 3.35. The zero-order chi connectivity index (χ0) is 16.1. The van der Waals surface area contributed by atoms with Crippen LogP contribution in [0.3, 0.4) is 0 Å². The molecule has 0 saturated heterocycles. The number of methoxy groups -OCH3 is 1. The van der Waals surface area contributed by atoms with Crippen molar-refractivity contribution in [2.24, 2.45) is 11.7 Å². The largest absolute Gasteiger partial charge is 0.497 e. The maximum atomic E-state index is 12.1. The minimum Gasteiger partial charge on any atom is -0.497 e. The lowest BCUT2D eigenvalue weighted by Crippen LogP contribution is -2.23. The van der Waals surface area contributed by atoms with Gasteiger partial charge in [0, 0.05) is 6.54 Å².